The molecule has 0 spiro atoms. The van der Waals surface area contributed by atoms with Crippen LogP contribution in [0.5, 0.6) is 0 Å². The number of likely N-dealkylation sites (N-methyl/N-ethyl adjacent to an activating group) is 1. The summed E-state index contributed by atoms with van der Waals surface area (Å²) >= 11 is 1.51. The van der Waals surface area contributed by atoms with Gasteiger partial charge in [-0.15, -0.1) is 0 Å². The average Bonchev–Trinajstić information content (AvgIpc) is 2.54. The van der Waals surface area contributed by atoms with Gasteiger partial charge in [-0.2, -0.15) is 0 Å². The van der Waals surface area contributed by atoms with Crippen LogP contribution in [-0.4, -0.2) is 65.6 Å². The van der Waals surface area contributed by atoms with Gasteiger partial charge < -0.3 is 20.6 Å². The monoisotopic (exact) mass is 323 g/mol. The molecule has 22 heavy (non-hydrogen) atoms. The molecule has 2 atom stereocenters. The van der Waals surface area contributed by atoms with E-state index in [2.05, 4.69) is 26.8 Å². The third kappa shape index (κ3) is 2.77. The predicted octanol–water partition coefficient (Wildman–Crippen LogP) is 1.06. The van der Waals surface area contributed by atoms with Gasteiger partial charge in [-0.3, -0.25) is 0 Å². The van der Waals surface area contributed by atoms with Crippen LogP contribution in [0, 0.1) is 5.41 Å². The van der Waals surface area contributed by atoms with E-state index in [0.29, 0.717) is 17.0 Å². The van der Waals surface area contributed by atoms with Gasteiger partial charge in [0.05, 0.1) is 6.61 Å². The summed E-state index contributed by atoms with van der Waals surface area (Å²) in [5.74, 6) is 1.42. The number of piperidine rings is 2. The number of aliphatic hydroxyl groups excluding tert-OH is 1. The molecule has 1 aromatic rings. The van der Waals surface area contributed by atoms with Crippen molar-refractivity contribution in [1.29, 1.82) is 0 Å². The standard InChI is InChI=1S/C15H25N5OS/c1-19-6-3-4-15(10-21)5-7-20(9-11(15)19)13-8-12(16)17-14(18-13)22-2/h8,11,21H,3-7,9-10H2,1-2H3,(H2,16,17,18)/t11-,15-/m1/s1. The summed E-state index contributed by atoms with van der Waals surface area (Å²) < 4.78 is 0. The van der Waals surface area contributed by atoms with Crippen LogP contribution in [0.2, 0.25) is 0 Å². The van der Waals surface area contributed by atoms with Crippen LogP contribution < -0.4 is 10.6 Å². The highest BCUT2D eigenvalue weighted by atomic mass is 32.2. The highest BCUT2D eigenvalue weighted by molar-refractivity contribution is 7.98. The molecule has 0 bridgehead atoms. The second kappa shape index (κ2) is 6.22. The topological polar surface area (TPSA) is 78.5 Å². The molecule has 3 rings (SSSR count). The fourth-order valence-corrected chi connectivity index (χ4v) is 4.29. The minimum atomic E-state index is 0.0460. The van der Waals surface area contributed by atoms with E-state index >= 15 is 0 Å². The Hall–Kier alpha value is -1.05. The molecule has 0 amide bonds. The smallest absolute Gasteiger partial charge is 0.191 e. The van der Waals surface area contributed by atoms with Gasteiger partial charge in [0, 0.05) is 30.6 Å². The number of rotatable bonds is 3. The van der Waals surface area contributed by atoms with E-state index in [0.717, 1.165) is 38.3 Å². The first-order valence-corrected chi connectivity index (χ1v) is 9.05. The van der Waals surface area contributed by atoms with Crippen LogP contribution in [0.15, 0.2) is 11.2 Å². The molecule has 6 nitrogen and oxygen atoms in total. The van der Waals surface area contributed by atoms with Crippen LogP contribution in [0.4, 0.5) is 11.6 Å². The summed E-state index contributed by atoms with van der Waals surface area (Å²) in [7, 11) is 2.17. The van der Waals surface area contributed by atoms with Crippen molar-refractivity contribution in [3.63, 3.8) is 0 Å². The number of anilines is 2. The maximum atomic E-state index is 9.98. The number of aromatic nitrogens is 2. The summed E-state index contributed by atoms with van der Waals surface area (Å²) in [6.07, 6.45) is 5.25. The first kappa shape index (κ1) is 15.8. The van der Waals surface area contributed by atoms with E-state index in [9.17, 15) is 5.11 Å². The maximum absolute atomic E-state index is 9.98. The second-order valence-electron chi connectivity index (χ2n) is 6.45. The number of aliphatic hydroxyl groups is 1. The van der Waals surface area contributed by atoms with Gasteiger partial charge in [0.25, 0.3) is 0 Å². The number of nitrogens with zero attached hydrogens (tertiary/aromatic N) is 4. The van der Waals surface area contributed by atoms with Crippen molar-refractivity contribution in [2.45, 2.75) is 30.5 Å². The zero-order valence-corrected chi connectivity index (χ0v) is 14.1. The largest absolute Gasteiger partial charge is 0.396 e. The van der Waals surface area contributed by atoms with E-state index in [4.69, 9.17) is 5.73 Å². The fraction of sp³-hybridized carbons (Fsp3) is 0.733. The highest BCUT2D eigenvalue weighted by Crippen LogP contribution is 2.42. The third-order valence-corrected chi connectivity index (χ3v) is 5.78. The van der Waals surface area contributed by atoms with Crippen molar-refractivity contribution >= 4 is 23.4 Å². The van der Waals surface area contributed by atoms with Gasteiger partial charge in [-0.1, -0.05) is 11.8 Å². The molecule has 122 valence electrons. The summed E-state index contributed by atoms with van der Waals surface area (Å²) in [6, 6.07) is 2.23. The summed E-state index contributed by atoms with van der Waals surface area (Å²) in [5, 5.41) is 10.7. The SMILES string of the molecule is CSc1nc(N)cc(N2CC[C@@]3(CO)CCCN(C)[C@@H]3C2)n1. The lowest BCUT2D eigenvalue weighted by atomic mass is 9.69. The molecule has 0 saturated carbocycles. The fourth-order valence-electron chi connectivity index (χ4n) is 3.91. The van der Waals surface area contributed by atoms with Crippen molar-refractivity contribution in [3.05, 3.63) is 6.07 Å². The van der Waals surface area contributed by atoms with Gasteiger partial charge in [0.1, 0.15) is 11.6 Å². The lowest BCUT2D eigenvalue weighted by Crippen LogP contribution is -2.61. The first-order valence-electron chi connectivity index (χ1n) is 7.82. The Labute approximate surface area is 136 Å². The van der Waals surface area contributed by atoms with E-state index in [-0.39, 0.29) is 12.0 Å². The Kier molecular flexibility index (Phi) is 4.47. The molecule has 1 aromatic heterocycles. The molecule has 0 unspecified atom stereocenters. The van der Waals surface area contributed by atoms with Gasteiger partial charge in [-0.05, 0) is 39.1 Å². The molecule has 2 saturated heterocycles. The van der Waals surface area contributed by atoms with Crippen LogP contribution >= 0.6 is 11.8 Å². The molecule has 2 aliphatic heterocycles. The quantitative estimate of drug-likeness (QED) is 0.636. The van der Waals surface area contributed by atoms with Crippen molar-refractivity contribution < 1.29 is 5.11 Å². The number of hydrogen-bond acceptors (Lipinski definition) is 7. The Balaban J connectivity index is 1.85. The lowest BCUT2D eigenvalue weighted by molar-refractivity contribution is -0.0277. The van der Waals surface area contributed by atoms with Gasteiger partial charge >= 0.3 is 0 Å². The zero-order valence-electron chi connectivity index (χ0n) is 13.3. The molecule has 0 aliphatic carbocycles. The number of nitrogens with two attached hydrogens (primary N) is 1. The van der Waals surface area contributed by atoms with E-state index in [1.165, 1.54) is 18.2 Å². The van der Waals surface area contributed by atoms with Gasteiger partial charge in [0.2, 0.25) is 0 Å². The summed E-state index contributed by atoms with van der Waals surface area (Å²) in [6.45, 7) is 3.18. The van der Waals surface area contributed by atoms with Crippen LogP contribution in [-0.2, 0) is 0 Å². The van der Waals surface area contributed by atoms with Gasteiger partial charge in [-0.25, -0.2) is 9.97 Å². The third-order valence-electron chi connectivity index (χ3n) is 5.23. The Bertz CT molecular complexity index is 543. The highest BCUT2D eigenvalue weighted by Gasteiger charge is 2.46. The summed E-state index contributed by atoms with van der Waals surface area (Å²) in [5.41, 5.74) is 5.96. The summed E-state index contributed by atoms with van der Waals surface area (Å²) in [4.78, 5) is 13.5. The van der Waals surface area contributed by atoms with E-state index in [1.807, 2.05) is 12.3 Å². The predicted molar refractivity (Wildman–Crippen MR) is 90.2 cm³/mol. The lowest BCUT2D eigenvalue weighted by Gasteiger charge is -2.53. The molecule has 3 N–H and O–H groups in total. The van der Waals surface area contributed by atoms with Crippen molar-refractivity contribution in [1.82, 2.24) is 14.9 Å². The Morgan fingerprint density at radius 3 is 2.95 bits per heavy atom. The molecular formula is C15H25N5OS. The van der Waals surface area contributed by atoms with E-state index in [1.54, 1.807) is 0 Å². The van der Waals surface area contributed by atoms with Crippen LogP contribution in [0.3, 0.4) is 0 Å². The van der Waals surface area contributed by atoms with Crippen molar-refractivity contribution in [3.8, 4) is 0 Å². The average molecular weight is 323 g/mol. The van der Waals surface area contributed by atoms with Gasteiger partial charge in [0.15, 0.2) is 5.16 Å². The first-order chi connectivity index (χ1) is 10.6. The van der Waals surface area contributed by atoms with Crippen LogP contribution in [0.25, 0.3) is 0 Å². The number of thioether (sulfide) groups is 1. The maximum Gasteiger partial charge on any atom is 0.191 e. The normalized spacial score (nSPS) is 29.4. The Morgan fingerprint density at radius 1 is 1.41 bits per heavy atom. The molecule has 0 radical (unpaired) electrons. The number of likely N-dealkylation sites (tertiary alicyclic amines) is 1. The molecule has 7 heteroatoms. The van der Waals surface area contributed by atoms with Crippen molar-refractivity contribution in [2.24, 2.45) is 5.41 Å². The minimum absolute atomic E-state index is 0.0460. The molecule has 2 aliphatic rings. The zero-order chi connectivity index (χ0) is 15.7. The minimum Gasteiger partial charge on any atom is -0.396 e. The van der Waals surface area contributed by atoms with Crippen LogP contribution in [0.1, 0.15) is 19.3 Å². The molecule has 2 fully saturated rings. The number of fused-ring (bicyclic) bond motifs is 1. The van der Waals surface area contributed by atoms with E-state index < -0.39 is 0 Å². The Morgan fingerprint density at radius 2 is 2.23 bits per heavy atom. The second-order valence-corrected chi connectivity index (χ2v) is 7.23. The number of nitrogen functional groups attached to an aromatic ring is 1. The molecule has 0 aromatic carbocycles. The molecule has 3 heterocycles. The number of hydrogen-bond donors (Lipinski definition) is 2. The van der Waals surface area contributed by atoms with Crippen molar-refractivity contribution in [2.75, 3.05) is 50.2 Å². The molecular weight excluding hydrogens is 298 g/mol.